The molecule has 0 saturated heterocycles. The molecule has 0 saturated carbocycles. The van der Waals surface area contributed by atoms with Crippen molar-refractivity contribution in [2.24, 2.45) is 0 Å². The number of hydrogen-bond acceptors (Lipinski definition) is 4. The topological polar surface area (TPSA) is 66.2 Å². The Balaban J connectivity index is 1.71. The molecule has 0 N–H and O–H groups in total. The third kappa shape index (κ3) is 3.70. The van der Waals surface area contributed by atoms with Crippen molar-refractivity contribution in [1.29, 1.82) is 5.26 Å². The SMILES string of the molecule is N#Cc1ccc(N2Cc3c(ccnc3-c3ccccc3OCC(F)(F)F)C2=O)cc1. The number of aromatic nitrogens is 1. The summed E-state index contributed by atoms with van der Waals surface area (Å²) in [6.45, 7) is -1.22. The molecule has 2 heterocycles. The summed E-state index contributed by atoms with van der Waals surface area (Å²) < 4.78 is 42.9. The summed E-state index contributed by atoms with van der Waals surface area (Å²) in [5, 5.41) is 8.95. The number of alkyl halides is 3. The second kappa shape index (κ2) is 7.52. The van der Waals surface area contributed by atoms with Crippen molar-refractivity contribution in [2.45, 2.75) is 12.7 Å². The number of hydrogen-bond donors (Lipinski definition) is 0. The van der Waals surface area contributed by atoms with Crippen LogP contribution in [-0.2, 0) is 6.54 Å². The summed E-state index contributed by atoms with van der Waals surface area (Å²) in [4.78, 5) is 18.8. The Morgan fingerprint density at radius 3 is 2.50 bits per heavy atom. The molecule has 0 fully saturated rings. The number of carbonyl (C=O) groups is 1. The van der Waals surface area contributed by atoms with Crippen molar-refractivity contribution < 1.29 is 22.7 Å². The number of ether oxygens (including phenoxy) is 1. The molecule has 2 aromatic carbocycles. The average molecular weight is 409 g/mol. The first-order valence-corrected chi connectivity index (χ1v) is 8.96. The minimum absolute atomic E-state index is 0.0417. The summed E-state index contributed by atoms with van der Waals surface area (Å²) in [5.74, 6) is -0.202. The van der Waals surface area contributed by atoms with E-state index in [0.29, 0.717) is 33.6 Å². The van der Waals surface area contributed by atoms with E-state index in [1.54, 1.807) is 48.5 Å². The summed E-state index contributed by atoms with van der Waals surface area (Å²) in [7, 11) is 0. The molecule has 1 aliphatic rings. The van der Waals surface area contributed by atoms with Gasteiger partial charge in [0.2, 0.25) is 0 Å². The fourth-order valence-electron chi connectivity index (χ4n) is 3.33. The van der Waals surface area contributed by atoms with E-state index >= 15 is 0 Å². The maximum Gasteiger partial charge on any atom is 0.422 e. The molecule has 150 valence electrons. The maximum absolute atomic E-state index is 12.9. The number of fused-ring (bicyclic) bond motifs is 1. The second-order valence-corrected chi connectivity index (χ2v) is 6.64. The van der Waals surface area contributed by atoms with Crippen LogP contribution >= 0.6 is 0 Å². The van der Waals surface area contributed by atoms with Crippen LogP contribution in [0.15, 0.2) is 60.8 Å². The highest BCUT2D eigenvalue weighted by Crippen LogP contribution is 2.37. The lowest BCUT2D eigenvalue weighted by molar-refractivity contribution is -0.153. The molecule has 0 bridgehead atoms. The fraction of sp³-hybridized carbons (Fsp3) is 0.136. The smallest absolute Gasteiger partial charge is 0.422 e. The van der Waals surface area contributed by atoms with Gasteiger partial charge in [0.1, 0.15) is 5.75 Å². The zero-order valence-corrected chi connectivity index (χ0v) is 15.5. The highest BCUT2D eigenvalue weighted by molar-refractivity contribution is 6.11. The van der Waals surface area contributed by atoms with Gasteiger partial charge in [0.15, 0.2) is 6.61 Å². The number of rotatable bonds is 4. The number of nitriles is 1. The van der Waals surface area contributed by atoms with Crippen LogP contribution in [0.3, 0.4) is 0 Å². The van der Waals surface area contributed by atoms with Crippen LogP contribution in [0.2, 0.25) is 0 Å². The Labute approximate surface area is 170 Å². The molecule has 0 radical (unpaired) electrons. The van der Waals surface area contributed by atoms with Gasteiger partial charge in [0, 0.05) is 28.6 Å². The molecular weight excluding hydrogens is 395 g/mol. The number of carbonyl (C=O) groups excluding carboxylic acids is 1. The van der Waals surface area contributed by atoms with Crippen LogP contribution < -0.4 is 9.64 Å². The fourth-order valence-corrected chi connectivity index (χ4v) is 3.33. The third-order valence-electron chi connectivity index (χ3n) is 4.69. The molecule has 0 unspecified atom stereocenters. The third-order valence-corrected chi connectivity index (χ3v) is 4.69. The number of pyridine rings is 1. The predicted octanol–water partition coefficient (Wildman–Crippen LogP) is 4.72. The van der Waals surface area contributed by atoms with Crippen molar-refractivity contribution in [3.8, 4) is 23.1 Å². The van der Waals surface area contributed by atoms with Gasteiger partial charge in [-0.3, -0.25) is 9.78 Å². The lowest BCUT2D eigenvalue weighted by atomic mass is 10.0. The molecule has 1 amide bonds. The van der Waals surface area contributed by atoms with E-state index in [2.05, 4.69) is 4.98 Å². The van der Waals surface area contributed by atoms with Crippen molar-refractivity contribution in [2.75, 3.05) is 11.5 Å². The highest BCUT2D eigenvalue weighted by atomic mass is 19.4. The summed E-state index contributed by atoms with van der Waals surface area (Å²) in [6.07, 6.45) is -3.02. The molecule has 0 atom stereocenters. The molecule has 0 spiro atoms. The average Bonchev–Trinajstić information content (AvgIpc) is 3.09. The zero-order chi connectivity index (χ0) is 21.3. The molecule has 4 rings (SSSR count). The number of benzene rings is 2. The lowest BCUT2D eigenvalue weighted by Crippen LogP contribution is -2.22. The first-order valence-electron chi connectivity index (χ1n) is 8.96. The van der Waals surface area contributed by atoms with Crippen molar-refractivity contribution in [3.63, 3.8) is 0 Å². The Bertz CT molecular complexity index is 1150. The quantitative estimate of drug-likeness (QED) is 0.625. The van der Waals surface area contributed by atoms with Crippen LogP contribution in [0.1, 0.15) is 21.5 Å². The Morgan fingerprint density at radius 2 is 1.80 bits per heavy atom. The van der Waals surface area contributed by atoms with Gasteiger partial charge in [-0.1, -0.05) is 12.1 Å². The van der Waals surface area contributed by atoms with Crippen molar-refractivity contribution in [1.82, 2.24) is 4.98 Å². The largest absolute Gasteiger partial charge is 0.483 e. The van der Waals surface area contributed by atoms with Gasteiger partial charge in [-0.25, -0.2) is 0 Å². The van der Waals surface area contributed by atoms with E-state index in [4.69, 9.17) is 10.00 Å². The molecule has 0 aliphatic carbocycles. The van der Waals surface area contributed by atoms with E-state index in [0.717, 1.165) is 0 Å². The van der Waals surface area contributed by atoms with Crippen molar-refractivity contribution in [3.05, 3.63) is 77.5 Å². The van der Waals surface area contributed by atoms with Crippen LogP contribution in [0, 0.1) is 11.3 Å². The van der Waals surface area contributed by atoms with E-state index in [1.807, 2.05) is 6.07 Å². The first-order chi connectivity index (χ1) is 14.4. The van der Waals surface area contributed by atoms with Gasteiger partial charge in [-0.2, -0.15) is 18.4 Å². The van der Waals surface area contributed by atoms with Crippen LogP contribution in [0.4, 0.5) is 18.9 Å². The summed E-state index contributed by atoms with van der Waals surface area (Å²) in [5.41, 5.74) is 2.90. The molecule has 1 aromatic heterocycles. The monoisotopic (exact) mass is 409 g/mol. The first kappa shape index (κ1) is 19.5. The molecule has 5 nitrogen and oxygen atoms in total. The highest BCUT2D eigenvalue weighted by Gasteiger charge is 2.33. The van der Waals surface area contributed by atoms with Gasteiger partial charge < -0.3 is 9.64 Å². The summed E-state index contributed by atoms with van der Waals surface area (Å²) in [6, 6.07) is 16.5. The van der Waals surface area contributed by atoms with Gasteiger partial charge in [-0.05, 0) is 42.5 Å². The van der Waals surface area contributed by atoms with E-state index in [1.165, 1.54) is 17.2 Å². The van der Waals surface area contributed by atoms with Gasteiger partial charge in [-0.15, -0.1) is 0 Å². The Morgan fingerprint density at radius 1 is 1.07 bits per heavy atom. The van der Waals surface area contributed by atoms with E-state index in [-0.39, 0.29) is 18.2 Å². The van der Waals surface area contributed by atoms with E-state index in [9.17, 15) is 18.0 Å². The number of nitrogens with zero attached hydrogens (tertiary/aromatic N) is 3. The van der Waals surface area contributed by atoms with Gasteiger partial charge >= 0.3 is 6.18 Å². The zero-order valence-electron chi connectivity index (χ0n) is 15.5. The van der Waals surface area contributed by atoms with Crippen molar-refractivity contribution >= 4 is 11.6 Å². The predicted molar refractivity (Wildman–Crippen MR) is 103 cm³/mol. The molecule has 30 heavy (non-hydrogen) atoms. The van der Waals surface area contributed by atoms with Crippen LogP contribution in [0.25, 0.3) is 11.3 Å². The van der Waals surface area contributed by atoms with Gasteiger partial charge in [0.05, 0.1) is 23.9 Å². The van der Waals surface area contributed by atoms with Gasteiger partial charge in [0.25, 0.3) is 5.91 Å². The van der Waals surface area contributed by atoms with E-state index < -0.39 is 12.8 Å². The summed E-state index contributed by atoms with van der Waals surface area (Å²) >= 11 is 0. The minimum atomic E-state index is -4.47. The number of amides is 1. The van der Waals surface area contributed by atoms with Crippen LogP contribution in [-0.4, -0.2) is 23.7 Å². The lowest BCUT2D eigenvalue weighted by Gasteiger charge is -2.16. The molecule has 8 heteroatoms. The minimum Gasteiger partial charge on any atom is -0.483 e. The second-order valence-electron chi connectivity index (χ2n) is 6.64. The number of halogens is 3. The van der Waals surface area contributed by atoms with Crippen LogP contribution in [0.5, 0.6) is 5.75 Å². The number of anilines is 1. The number of para-hydroxylation sites is 1. The maximum atomic E-state index is 12.9. The standard InChI is InChI=1S/C22H14F3N3O2/c23-22(24,25)13-30-19-4-2-1-3-17(19)20-18-12-28(21(29)16(18)9-10-27-20)15-7-5-14(11-26)6-8-15/h1-10H,12-13H2. The molecule has 3 aromatic rings. The Hall–Kier alpha value is -3.86. The normalized spacial score (nSPS) is 13.1. The Kier molecular flexibility index (Phi) is 4.88. The molecular formula is C22H14F3N3O2. The molecule has 1 aliphatic heterocycles.